The van der Waals surface area contributed by atoms with E-state index in [0.29, 0.717) is 35.5 Å². The van der Waals surface area contributed by atoms with E-state index in [2.05, 4.69) is 10.3 Å². The summed E-state index contributed by atoms with van der Waals surface area (Å²) in [6.07, 6.45) is 0.677. The molecule has 30 heavy (non-hydrogen) atoms. The number of rotatable bonds is 5. The molecule has 0 spiro atoms. The van der Waals surface area contributed by atoms with Crippen LogP contribution in [0.3, 0.4) is 0 Å². The molecule has 0 aliphatic rings. The molecular weight excluding hydrogens is 376 g/mol. The number of H-pyrrole nitrogens is 1. The Balaban J connectivity index is 1.76. The first-order valence-corrected chi connectivity index (χ1v) is 10.1. The van der Waals surface area contributed by atoms with E-state index in [9.17, 15) is 9.59 Å². The van der Waals surface area contributed by atoms with Crippen molar-refractivity contribution in [2.45, 2.75) is 27.2 Å². The number of hydrogen-bond donors (Lipinski definition) is 2. The Morgan fingerprint density at radius 2 is 1.83 bits per heavy atom. The van der Waals surface area contributed by atoms with Gasteiger partial charge in [0.05, 0.1) is 17.7 Å². The third-order valence-corrected chi connectivity index (χ3v) is 5.43. The summed E-state index contributed by atoms with van der Waals surface area (Å²) in [7, 11) is 0. The van der Waals surface area contributed by atoms with Gasteiger partial charge in [0.2, 0.25) is 0 Å². The molecule has 1 heterocycles. The Hall–Kier alpha value is -3.60. The van der Waals surface area contributed by atoms with Gasteiger partial charge in [-0.05, 0) is 54.8 Å². The number of ether oxygens (including phenoxy) is 1. The molecule has 4 rings (SSSR count). The van der Waals surface area contributed by atoms with Crippen molar-refractivity contribution < 1.29 is 9.53 Å². The van der Waals surface area contributed by atoms with Gasteiger partial charge in [0.1, 0.15) is 5.75 Å². The van der Waals surface area contributed by atoms with Gasteiger partial charge in [0.25, 0.3) is 11.5 Å². The molecule has 4 aromatic rings. The van der Waals surface area contributed by atoms with Gasteiger partial charge in [0.15, 0.2) is 0 Å². The predicted octanol–water partition coefficient (Wildman–Crippen LogP) is 5.20. The lowest BCUT2D eigenvalue weighted by atomic mass is 10.0. The maximum absolute atomic E-state index is 13.2. The average Bonchev–Trinajstić information content (AvgIpc) is 2.73. The van der Waals surface area contributed by atoms with Crippen molar-refractivity contribution in [2.24, 2.45) is 0 Å². The largest absolute Gasteiger partial charge is 0.493 e. The molecule has 0 aliphatic heterocycles. The van der Waals surface area contributed by atoms with Gasteiger partial charge < -0.3 is 15.0 Å². The number of nitrogens with one attached hydrogen (secondary N) is 2. The normalized spacial score (nSPS) is 11.0. The van der Waals surface area contributed by atoms with Crippen LogP contribution in [-0.2, 0) is 6.42 Å². The summed E-state index contributed by atoms with van der Waals surface area (Å²) in [5.74, 6) is 0.296. The molecule has 0 bridgehead atoms. The van der Waals surface area contributed by atoms with Crippen molar-refractivity contribution >= 4 is 33.3 Å². The number of anilines is 1. The number of pyridine rings is 1. The zero-order valence-electron chi connectivity index (χ0n) is 17.3. The van der Waals surface area contributed by atoms with Gasteiger partial charge in [0, 0.05) is 16.6 Å². The molecule has 0 saturated heterocycles. The smallest absolute Gasteiger partial charge is 0.260 e. The fraction of sp³-hybridized carbons (Fsp3) is 0.200. The van der Waals surface area contributed by atoms with Crippen LogP contribution in [0.1, 0.15) is 35.3 Å². The van der Waals surface area contributed by atoms with Gasteiger partial charge in [-0.1, -0.05) is 43.3 Å². The minimum atomic E-state index is -0.251. The molecule has 5 nitrogen and oxygen atoms in total. The lowest BCUT2D eigenvalue weighted by Gasteiger charge is -2.14. The average molecular weight is 400 g/mol. The van der Waals surface area contributed by atoms with E-state index in [1.54, 1.807) is 6.07 Å². The number of aryl methyl sites for hydroxylation is 1. The number of benzene rings is 3. The first-order chi connectivity index (χ1) is 14.5. The molecule has 0 unspecified atom stereocenters. The van der Waals surface area contributed by atoms with Crippen LogP contribution in [-0.4, -0.2) is 17.5 Å². The molecule has 3 aromatic carbocycles. The van der Waals surface area contributed by atoms with E-state index in [1.165, 1.54) is 0 Å². The van der Waals surface area contributed by atoms with Crippen LogP contribution in [0.15, 0.2) is 59.4 Å². The minimum absolute atomic E-state index is 0.0846. The van der Waals surface area contributed by atoms with E-state index in [4.69, 9.17) is 4.74 Å². The Labute approximate surface area is 174 Å². The van der Waals surface area contributed by atoms with Crippen molar-refractivity contribution in [2.75, 3.05) is 11.9 Å². The lowest BCUT2D eigenvalue weighted by molar-refractivity contribution is 0.102. The molecule has 0 fully saturated rings. The molecule has 1 aromatic heterocycles. The summed E-state index contributed by atoms with van der Waals surface area (Å²) in [6.45, 7) is 6.29. The molecular formula is C25H24N2O3. The van der Waals surface area contributed by atoms with Crippen molar-refractivity contribution in [3.63, 3.8) is 0 Å². The summed E-state index contributed by atoms with van der Waals surface area (Å²) >= 11 is 0. The Morgan fingerprint density at radius 1 is 1.03 bits per heavy atom. The second-order valence-corrected chi connectivity index (χ2v) is 7.22. The zero-order chi connectivity index (χ0) is 21.3. The maximum Gasteiger partial charge on any atom is 0.260 e. The van der Waals surface area contributed by atoms with Gasteiger partial charge in [-0.15, -0.1) is 0 Å². The SMILES string of the molecule is CCOc1ccc2ccccc2c1C(=O)Nc1ccc2c(C)c(CC)c(=O)[nH]c2c1. The summed E-state index contributed by atoms with van der Waals surface area (Å²) in [6, 6.07) is 17.1. The van der Waals surface area contributed by atoms with Crippen LogP contribution in [0.2, 0.25) is 0 Å². The standard InChI is InChI=1S/C25H24N2O3/c1-4-18-15(3)19-12-11-17(14-21(19)27-24(18)28)26-25(29)23-20-9-7-6-8-16(20)10-13-22(23)30-5-2/h6-14H,4-5H2,1-3H3,(H,26,29)(H,27,28). The van der Waals surface area contributed by atoms with E-state index in [0.717, 1.165) is 27.3 Å². The molecule has 0 radical (unpaired) electrons. The fourth-order valence-electron chi connectivity index (χ4n) is 3.96. The maximum atomic E-state index is 13.2. The highest BCUT2D eigenvalue weighted by Gasteiger charge is 2.17. The van der Waals surface area contributed by atoms with Gasteiger partial charge in [-0.2, -0.15) is 0 Å². The second-order valence-electron chi connectivity index (χ2n) is 7.22. The molecule has 152 valence electrons. The molecule has 5 heteroatoms. The highest BCUT2D eigenvalue weighted by Crippen LogP contribution is 2.30. The van der Waals surface area contributed by atoms with Crippen molar-refractivity contribution in [3.8, 4) is 5.75 Å². The number of carbonyl (C=O) groups is 1. The Bertz CT molecular complexity index is 1320. The highest BCUT2D eigenvalue weighted by atomic mass is 16.5. The number of hydrogen-bond acceptors (Lipinski definition) is 3. The molecule has 1 amide bonds. The second kappa shape index (κ2) is 8.03. The minimum Gasteiger partial charge on any atom is -0.493 e. The number of amides is 1. The van der Waals surface area contributed by atoms with Crippen molar-refractivity contribution in [1.29, 1.82) is 0 Å². The van der Waals surface area contributed by atoms with E-state index in [-0.39, 0.29) is 11.5 Å². The van der Waals surface area contributed by atoms with Gasteiger partial charge in [-0.3, -0.25) is 9.59 Å². The fourth-order valence-corrected chi connectivity index (χ4v) is 3.96. The van der Waals surface area contributed by atoms with Crippen LogP contribution in [0.4, 0.5) is 5.69 Å². The topological polar surface area (TPSA) is 71.2 Å². The van der Waals surface area contributed by atoms with Crippen LogP contribution in [0.5, 0.6) is 5.75 Å². The zero-order valence-corrected chi connectivity index (χ0v) is 17.3. The predicted molar refractivity (Wildman–Crippen MR) is 122 cm³/mol. The number of aromatic amines is 1. The number of fused-ring (bicyclic) bond motifs is 2. The summed E-state index contributed by atoms with van der Waals surface area (Å²) in [5.41, 5.74) is 3.50. The monoisotopic (exact) mass is 400 g/mol. The van der Waals surface area contributed by atoms with Crippen LogP contribution in [0, 0.1) is 6.92 Å². The molecule has 0 atom stereocenters. The van der Waals surface area contributed by atoms with Crippen LogP contribution >= 0.6 is 0 Å². The Morgan fingerprint density at radius 3 is 2.60 bits per heavy atom. The van der Waals surface area contributed by atoms with E-state index < -0.39 is 0 Å². The van der Waals surface area contributed by atoms with E-state index >= 15 is 0 Å². The highest BCUT2D eigenvalue weighted by molar-refractivity contribution is 6.15. The quantitative estimate of drug-likeness (QED) is 0.483. The van der Waals surface area contributed by atoms with Gasteiger partial charge >= 0.3 is 0 Å². The first-order valence-electron chi connectivity index (χ1n) is 10.1. The van der Waals surface area contributed by atoms with Crippen LogP contribution < -0.4 is 15.6 Å². The lowest BCUT2D eigenvalue weighted by Crippen LogP contribution is -2.16. The van der Waals surface area contributed by atoms with Crippen LogP contribution in [0.25, 0.3) is 21.7 Å². The number of carbonyl (C=O) groups excluding carboxylic acids is 1. The third-order valence-electron chi connectivity index (χ3n) is 5.43. The molecule has 0 aliphatic carbocycles. The van der Waals surface area contributed by atoms with Crippen molar-refractivity contribution in [1.82, 2.24) is 4.98 Å². The summed E-state index contributed by atoms with van der Waals surface area (Å²) in [5, 5.41) is 5.75. The summed E-state index contributed by atoms with van der Waals surface area (Å²) < 4.78 is 5.72. The van der Waals surface area contributed by atoms with Crippen molar-refractivity contribution in [3.05, 3.63) is 81.6 Å². The first kappa shape index (κ1) is 19.7. The molecule has 2 N–H and O–H groups in total. The number of aromatic nitrogens is 1. The molecule has 0 saturated carbocycles. The Kier molecular flexibility index (Phi) is 5.27. The van der Waals surface area contributed by atoms with E-state index in [1.807, 2.05) is 69.3 Å². The van der Waals surface area contributed by atoms with Gasteiger partial charge in [-0.25, -0.2) is 0 Å². The summed E-state index contributed by atoms with van der Waals surface area (Å²) in [4.78, 5) is 28.5. The third kappa shape index (κ3) is 3.43.